The molecular formula is C16H18FNO. The maximum absolute atomic E-state index is 13.3. The van der Waals surface area contributed by atoms with Gasteiger partial charge in [-0.1, -0.05) is 17.7 Å². The predicted octanol–water partition coefficient (Wildman–Crippen LogP) is 3.91. The molecule has 0 fully saturated rings. The summed E-state index contributed by atoms with van der Waals surface area (Å²) < 4.78 is 18.9. The molecule has 2 aromatic carbocycles. The molecule has 2 rings (SSSR count). The zero-order valence-corrected chi connectivity index (χ0v) is 11.5. The molecule has 0 aromatic heterocycles. The second-order valence-electron chi connectivity index (χ2n) is 4.85. The van der Waals surface area contributed by atoms with Crippen molar-refractivity contribution in [1.29, 1.82) is 0 Å². The van der Waals surface area contributed by atoms with Crippen molar-refractivity contribution in [3.8, 4) is 5.75 Å². The molecule has 0 amide bonds. The zero-order chi connectivity index (χ0) is 14.0. The smallest absolute Gasteiger partial charge is 0.149 e. The van der Waals surface area contributed by atoms with E-state index in [0.717, 1.165) is 5.56 Å². The molecule has 0 radical (unpaired) electrons. The van der Waals surface area contributed by atoms with Gasteiger partial charge in [-0.05, 0) is 49.6 Å². The molecule has 0 aliphatic carbocycles. The maximum Gasteiger partial charge on any atom is 0.149 e. The molecule has 0 saturated carbocycles. The van der Waals surface area contributed by atoms with Crippen LogP contribution in [0.1, 0.15) is 22.3 Å². The SMILES string of the molecule is Cc1cc(C)c(COc2ccc(N)c(F)c2)c(C)c1. The molecule has 0 aliphatic rings. The summed E-state index contributed by atoms with van der Waals surface area (Å²) in [6.45, 7) is 6.62. The third kappa shape index (κ3) is 3.05. The van der Waals surface area contributed by atoms with E-state index < -0.39 is 5.82 Å². The second kappa shape index (κ2) is 5.31. The number of hydrogen-bond donors (Lipinski definition) is 1. The molecule has 0 saturated heterocycles. The summed E-state index contributed by atoms with van der Waals surface area (Å²) in [7, 11) is 0. The van der Waals surface area contributed by atoms with Gasteiger partial charge in [0.05, 0.1) is 5.69 Å². The van der Waals surface area contributed by atoms with Gasteiger partial charge in [0.25, 0.3) is 0 Å². The normalized spacial score (nSPS) is 10.5. The lowest BCUT2D eigenvalue weighted by atomic mass is 10.0. The van der Waals surface area contributed by atoms with Gasteiger partial charge in [-0.2, -0.15) is 0 Å². The topological polar surface area (TPSA) is 35.2 Å². The van der Waals surface area contributed by atoms with E-state index in [2.05, 4.69) is 32.9 Å². The number of nitrogen functional groups attached to an aromatic ring is 1. The Hall–Kier alpha value is -2.03. The first-order chi connectivity index (χ1) is 8.97. The number of halogens is 1. The van der Waals surface area contributed by atoms with Crippen LogP contribution < -0.4 is 10.5 Å². The third-order valence-electron chi connectivity index (χ3n) is 3.20. The van der Waals surface area contributed by atoms with Crippen molar-refractivity contribution in [3.63, 3.8) is 0 Å². The summed E-state index contributed by atoms with van der Waals surface area (Å²) >= 11 is 0. The van der Waals surface area contributed by atoms with Gasteiger partial charge in [0.1, 0.15) is 18.2 Å². The summed E-state index contributed by atoms with van der Waals surface area (Å²) in [6.07, 6.45) is 0. The van der Waals surface area contributed by atoms with Gasteiger partial charge in [-0.25, -0.2) is 4.39 Å². The Labute approximate surface area is 113 Å². The Kier molecular flexibility index (Phi) is 3.74. The lowest BCUT2D eigenvalue weighted by molar-refractivity contribution is 0.303. The van der Waals surface area contributed by atoms with Gasteiger partial charge in [-0.15, -0.1) is 0 Å². The Balaban J connectivity index is 2.16. The number of hydrogen-bond acceptors (Lipinski definition) is 2. The van der Waals surface area contributed by atoms with E-state index in [4.69, 9.17) is 10.5 Å². The first-order valence-electron chi connectivity index (χ1n) is 6.22. The number of aryl methyl sites for hydroxylation is 3. The molecule has 2 aromatic rings. The predicted molar refractivity (Wildman–Crippen MR) is 75.8 cm³/mol. The molecule has 100 valence electrons. The molecule has 0 bridgehead atoms. The Morgan fingerprint density at radius 3 is 2.26 bits per heavy atom. The first-order valence-corrected chi connectivity index (χ1v) is 6.22. The van der Waals surface area contributed by atoms with E-state index in [9.17, 15) is 4.39 Å². The molecule has 3 heteroatoms. The van der Waals surface area contributed by atoms with Crippen LogP contribution >= 0.6 is 0 Å². The average Bonchev–Trinajstić information content (AvgIpc) is 2.32. The highest BCUT2D eigenvalue weighted by Gasteiger charge is 2.06. The van der Waals surface area contributed by atoms with E-state index in [0.29, 0.717) is 12.4 Å². The van der Waals surface area contributed by atoms with Crippen LogP contribution in [-0.4, -0.2) is 0 Å². The molecule has 0 heterocycles. The molecule has 0 spiro atoms. The largest absolute Gasteiger partial charge is 0.489 e. The van der Waals surface area contributed by atoms with E-state index in [-0.39, 0.29) is 5.69 Å². The Bertz CT molecular complexity index is 585. The second-order valence-corrected chi connectivity index (χ2v) is 4.85. The van der Waals surface area contributed by atoms with Crippen LogP contribution in [0.15, 0.2) is 30.3 Å². The molecule has 0 atom stereocenters. The number of anilines is 1. The van der Waals surface area contributed by atoms with Crippen molar-refractivity contribution in [2.45, 2.75) is 27.4 Å². The highest BCUT2D eigenvalue weighted by molar-refractivity contribution is 5.44. The van der Waals surface area contributed by atoms with Crippen molar-refractivity contribution in [3.05, 3.63) is 58.4 Å². The van der Waals surface area contributed by atoms with Crippen LogP contribution in [0.3, 0.4) is 0 Å². The summed E-state index contributed by atoms with van der Waals surface area (Å²) in [5.74, 6) is 0.0425. The molecule has 2 N–H and O–H groups in total. The Morgan fingerprint density at radius 1 is 1.05 bits per heavy atom. The number of rotatable bonds is 3. The van der Waals surface area contributed by atoms with Crippen LogP contribution in [0, 0.1) is 26.6 Å². The van der Waals surface area contributed by atoms with Gasteiger partial charge < -0.3 is 10.5 Å². The summed E-state index contributed by atoms with van der Waals surface area (Å²) in [5, 5.41) is 0. The molecule has 19 heavy (non-hydrogen) atoms. The van der Waals surface area contributed by atoms with Gasteiger partial charge in [0, 0.05) is 6.07 Å². The highest BCUT2D eigenvalue weighted by atomic mass is 19.1. The molecule has 0 unspecified atom stereocenters. The quantitative estimate of drug-likeness (QED) is 0.848. The lowest BCUT2D eigenvalue weighted by Crippen LogP contribution is -2.02. The highest BCUT2D eigenvalue weighted by Crippen LogP contribution is 2.22. The number of nitrogens with two attached hydrogens (primary N) is 1. The van der Waals surface area contributed by atoms with Gasteiger partial charge in [-0.3, -0.25) is 0 Å². The van der Waals surface area contributed by atoms with Crippen molar-refractivity contribution in [2.24, 2.45) is 0 Å². The van der Waals surface area contributed by atoms with Crippen molar-refractivity contribution in [2.75, 3.05) is 5.73 Å². The van der Waals surface area contributed by atoms with E-state index >= 15 is 0 Å². The van der Waals surface area contributed by atoms with E-state index in [1.807, 2.05) is 0 Å². The average molecular weight is 259 g/mol. The fraction of sp³-hybridized carbons (Fsp3) is 0.250. The lowest BCUT2D eigenvalue weighted by Gasteiger charge is -2.13. The minimum absolute atomic E-state index is 0.134. The number of benzene rings is 2. The fourth-order valence-corrected chi connectivity index (χ4v) is 2.19. The number of ether oxygens (including phenoxy) is 1. The first kappa shape index (κ1) is 13.4. The van der Waals surface area contributed by atoms with Crippen LogP contribution in [0.5, 0.6) is 5.75 Å². The third-order valence-corrected chi connectivity index (χ3v) is 3.20. The van der Waals surface area contributed by atoms with Gasteiger partial charge in [0.2, 0.25) is 0 Å². The molecule has 0 aliphatic heterocycles. The molecule has 2 nitrogen and oxygen atoms in total. The van der Waals surface area contributed by atoms with E-state index in [1.54, 1.807) is 6.07 Å². The van der Waals surface area contributed by atoms with Gasteiger partial charge >= 0.3 is 0 Å². The van der Waals surface area contributed by atoms with Crippen LogP contribution in [0.25, 0.3) is 0 Å². The van der Waals surface area contributed by atoms with Crippen LogP contribution in [0.4, 0.5) is 10.1 Å². The van der Waals surface area contributed by atoms with Crippen molar-refractivity contribution >= 4 is 5.69 Å². The van der Waals surface area contributed by atoms with Gasteiger partial charge in [0.15, 0.2) is 0 Å². The minimum atomic E-state index is -0.449. The van der Waals surface area contributed by atoms with Crippen LogP contribution in [-0.2, 0) is 6.61 Å². The Morgan fingerprint density at radius 2 is 1.68 bits per heavy atom. The fourth-order valence-electron chi connectivity index (χ4n) is 2.19. The summed E-state index contributed by atoms with van der Waals surface area (Å²) in [6, 6.07) is 8.75. The van der Waals surface area contributed by atoms with Crippen molar-refractivity contribution in [1.82, 2.24) is 0 Å². The van der Waals surface area contributed by atoms with E-state index in [1.165, 1.54) is 28.8 Å². The maximum atomic E-state index is 13.3. The summed E-state index contributed by atoms with van der Waals surface area (Å²) in [5.41, 5.74) is 10.3. The van der Waals surface area contributed by atoms with Crippen LogP contribution in [0.2, 0.25) is 0 Å². The molecular weight excluding hydrogens is 241 g/mol. The summed E-state index contributed by atoms with van der Waals surface area (Å²) in [4.78, 5) is 0. The monoisotopic (exact) mass is 259 g/mol. The zero-order valence-electron chi connectivity index (χ0n) is 11.5. The minimum Gasteiger partial charge on any atom is -0.489 e. The van der Waals surface area contributed by atoms with Crippen molar-refractivity contribution < 1.29 is 9.13 Å². The standard InChI is InChI=1S/C16H18FNO/c1-10-6-11(2)14(12(3)7-10)9-19-13-4-5-16(18)15(17)8-13/h4-8H,9,18H2,1-3H3.